The van der Waals surface area contributed by atoms with Crippen LogP contribution in [-0.4, -0.2) is 26.0 Å². The third-order valence-corrected chi connectivity index (χ3v) is 4.97. The summed E-state index contributed by atoms with van der Waals surface area (Å²) in [7, 11) is 0. The lowest BCUT2D eigenvalue weighted by molar-refractivity contribution is -0.0884. The molecule has 7 heteroatoms. The molecule has 0 saturated carbocycles. The van der Waals surface area contributed by atoms with Crippen LogP contribution in [0, 0.1) is 5.41 Å². The van der Waals surface area contributed by atoms with Crippen molar-refractivity contribution in [2.75, 3.05) is 0 Å². The van der Waals surface area contributed by atoms with E-state index in [0.717, 1.165) is 12.8 Å². The molecule has 0 amide bonds. The summed E-state index contributed by atoms with van der Waals surface area (Å²) in [5.74, 6) is 0.435. The second kappa shape index (κ2) is 7.51. The Bertz CT molecular complexity index is 630. The van der Waals surface area contributed by atoms with Crippen LogP contribution in [0.25, 0.3) is 0 Å². The molecule has 1 N–H and O–H groups in total. The third-order valence-electron chi connectivity index (χ3n) is 4.44. The molecule has 0 radical (unpaired) electrons. The number of aliphatic hydroxyl groups excluding tert-OH is 1. The molecule has 0 aliphatic rings. The first-order chi connectivity index (χ1) is 10.9. The maximum absolute atomic E-state index is 10.9. The second-order valence-corrected chi connectivity index (χ2v) is 6.61. The number of hydrogen-bond acceptors (Lipinski definition) is 4. The van der Waals surface area contributed by atoms with E-state index >= 15 is 0 Å². The van der Waals surface area contributed by atoms with Gasteiger partial charge in [-0.05, 0) is 36.5 Å². The summed E-state index contributed by atoms with van der Waals surface area (Å²) >= 11 is 12.1. The Morgan fingerprint density at radius 2 is 2.00 bits per heavy atom. The van der Waals surface area contributed by atoms with E-state index in [1.165, 1.54) is 17.3 Å². The smallest absolute Gasteiger partial charge is 0.219 e. The summed E-state index contributed by atoms with van der Waals surface area (Å²) in [4.78, 5) is 3.94. The minimum absolute atomic E-state index is 0.324. The second-order valence-electron chi connectivity index (χ2n) is 5.76. The van der Waals surface area contributed by atoms with Crippen LogP contribution < -0.4 is 4.74 Å². The largest absolute Gasteiger partial charge is 0.464 e. The van der Waals surface area contributed by atoms with E-state index in [1.54, 1.807) is 18.2 Å². The fraction of sp³-hybridized carbons (Fsp3) is 0.500. The predicted octanol–water partition coefficient (Wildman–Crippen LogP) is 4.35. The molecule has 2 rings (SSSR count). The molecule has 23 heavy (non-hydrogen) atoms. The number of aromatic nitrogens is 3. The fourth-order valence-corrected chi connectivity index (χ4v) is 2.78. The highest BCUT2D eigenvalue weighted by atomic mass is 35.5. The third kappa shape index (κ3) is 3.97. The molecule has 0 saturated heterocycles. The SMILES string of the molecule is CCC(C)(CC)C(O)C(Oc1ccc(Cl)cc1Cl)n1cncn1. The van der Waals surface area contributed by atoms with Crippen molar-refractivity contribution in [3.63, 3.8) is 0 Å². The van der Waals surface area contributed by atoms with Crippen LogP contribution >= 0.6 is 23.2 Å². The van der Waals surface area contributed by atoms with Gasteiger partial charge in [0.15, 0.2) is 0 Å². The van der Waals surface area contributed by atoms with Gasteiger partial charge >= 0.3 is 0 Å². The molecule has 0 fully saturated rings. The standard InChI is InChI=1S/C16H21Cl2N3O2/c1-4-16(3,5-2)14(22)15(21-10-19-9-20-21)23-13-7-6-11(17)8-12(13)18/h6-10,14-15,22H,4-5H2,1-3H3. The molecule has 1 heterocycles. The van der Waals surface area contributed by atoms with E-state index in [9.17, 15) is 5.11 Å². The van der Waals surface area contributed by atoms with Gasteiger partial charge in [0, 0.05) is 5.02 Å². The van der Waals surface area contributed by atoms with Gasteiger partial charge < -0.3 is 9.84 Å². The summed E-state index contributed by atoms with van der Waals surface area (Å²) in [6.07, 6.45) is 3.00. The van der Waals surface area contributed by atoms with Crippen LogP contribution in [0.4, 0.5) is 0 Å². The van der Waals surface area contributed by atoms with Crippen molar-refractivity contribution < 1.29 is 9.84 Å². The lowest BCUT2D eigenvalue weighted by Gasteiger charge is -2.37. The molecule has 0 aliphatic heterocycles. The Balaban J connectivity index is 2.35. The van der Waals surface area contributed by atoms with Gasteiger partial charge in [-0.15, -0.1) is 0 Å². The molecular weight excluding hydrogens is 337 g/mol. The molecule has 126 valence electrons. The summed E-state index contributed by atoms with van der Waals surface area (Å²) in [6, 6.07) is 4.96. The number of rotatable bonds is 7. The number of hydrogen-bond donors (Lipinski definition) is 1. The Labute approximate surface area is 146 Å². The van der Waals surface area contributed by atoms with Crippen LogP contribution in [0.15, 0.2) is 30.9 Å². The lowest BCUT2D eigenvalue weighted by Crippen LogP contribution is -2.41. The lowest BCUT2D eigenvalue weighted by atomic mass is 9.78. The van der Waals surface area contributed by atoms with E-state index in [4.69, 9.17) is 27.9 Å². The zero-order chi connectivity index (χ0) is 17.0. The highest BCUT2D eigenvalue weighted by molar-refractivity contribution is 6.35. The first-order valence-electron chi connectivity index (χ1n) is 7.55. The number of nitrogens with zero attached hydrogens (tertiary/aromatic N) is 3. The van der Waals surface area contributed by atoms with Crippen molar-refractivity contribution in [1.29, 1.82) is 0 Å². The molecule has 0 spiro atoms. The molecule has 0 bridgehead atoms. The van der Waals surface area contributed by atoms with E-state index in [-0.39, 0.29) is 5.41 Å². The van der Waals surface area contributed by atoms with Gasteiger partial charge in [0.1, 0.15) is 24.5 Å². The molecule has 5 nitrogen and oxygen atoms in total. The van der Waals surface area contributed by atoms with Crippen molar-refractivity contribution in [2.45, 2.75) is 45.9 Å². The van der Waals surface area contributed by atoms with Gasteiger partial charge in [-0.1, -0.05) is 44.0 Å². The Morgan fingerprint density at radius 1 is 1.30 bits per heavy atom. The molecular formula is C16H21Cl2N3O2. The topological polar surface area (TPSA) is 60.2 Å². The predicted molar refractivity (Wildman–Crippen MR) is 90.8 cm³/mol. The normalized spacial score (nSPS) is 14.5. The Morgan fingerprint density at radius 3 is 2.52 bits per heavy atom. The quantitative estimate of drug-likeness (QED) is 0.799. The first kappa shape index (κ1) is 18.0. The zero-order valence-electron chi connectivity index (χ0n) is 13.4. The fourth-order valence-electron chi connectivity index (χ4n) is 2.33. The minimum Gasteiger partial charge on any atom is -0.464 e. The van der Waals surface area contributed by atoms with Crippen LogP contribution in [0.2, 0.25) is 10.0 Å². The van der Waals surface area contributed by atoms with Gasteiger partial charge in [-0.3, -0.25) is 0 Å². The number of benzene rings is 1. The van der Waals surface area contributed by atoms with E-state index in [1.807, 2.05) is 20.8 Å². The van der Waals surface area contributed by atoms with Gasteiger partial charge in [-0.2, -0.15) is 5.10 Å². The minimum atomic E-state index is -0.786. The Hall–Kier alpha value is -1.30. The zero-order valence-corrected chi connectivity index (χ0v) is 14.9. The van der Waals surface area contributed by atoms with Crippen molar-refractivity contribution >= 4 is 23.2 Å². The Kier molecular flexibility index (Phi) is 5.89. The van der Waals surface area contributed by atoms with Crippen molar-refractivity contribution in [3.05, 3.63) is 40.9 Å². The van der Waals surface area contributed by atoms with Crippen LogP contribution in [0.3, 0.4) is 0 Å². The number of ether oxygens (including phenoxy) is 1. The van der Waals surface area contributed by atoms with Crippen LogP contribution in [-0.2, 0) is 0 Å². The monoisotopic (exact) mass is 357 g/mol. The number of aliphatic hydroxyl groups is 1. The van der Waals surface area contributed by atoms with E-state index < -0.39 is 12.3 Å². The van der Waals surface area contributed by atoms with Gasteiger partial charge in [0.2, 0.25) is 6.23 Å². The molecule has 1 aromatic carbocycles. The van der Waals surface area contributed by atoms with Crippen LogP contribution in [0.5, 0.6) is 5.75 Å². The van der Waals surface area contributed by atoms with Crippen molar-refractivity contribution in [1.82, 2.24) is 14.8 Å². The van der Waals surface area contributed by atoms with Crippen molar-refractivity contribution in [3.8, 4) is 5.75 Å². The molecule has 1 aromatic heterocycles. The average Bonchev–Trinajstić information content (AvgIpc) is 3.07. The molecule has 2 aromatic rings. The number of halogens is 2. The summed E-state index contributed by atoms with van der Waals surface area (Å²) < 4.78 is 7.48. The van der Waals surface area contributed by atoms with Crippen molar-refractivity contribution in [2.24, 2.45) is 5.41 Å². The van der Waals surface area contributed by atoms with Gasteiger partial charge in [-0.25, -0.2) is 9.67 Å². The summed E-state index contributed by atoms with van der Waals surface area (Å²) in [5, 5.41) is 15.9. The highest BCUT2D eigenvalue weighted by Crippen LogP contribution is 2.38. The maximum Gasteiger partial charge on any atom is 0.219 e. The van der Waals surface area contributed by atoms with Crippen LogP contribution in [0.1, 0.15) is 39.8 Å². The molecule has 2 atom stereocenters. The summed E-state index contributed by atoms with van der Waals surface area (Å²) in [6.45, 7) is 6.11. The highest BCUT2D eigenvalue weighted by Gasteiger charge is 2.38. The summed E-state index contributed by atoms with van der Waals surface area (Å²) in [5.41, 5.74) is -0.324. The van der Waals surface area contributed by atoms with E-state index in [0.29, 0.717) is 15.8 Å². The van der Waals surface area contributed by atoms with Gasteiger partial charge in [0.25, 0.3) is 0 Å². The van der Waals surface area contributed by atoms with E-state index in [2.05, 4.69) is 10.1 Å². The molecule has 2 unspecified atom stereocenters. The average molecular weight is 358 g/mol. The maximum atomic E-state index is 10.9. The van der Waals surface area contributed by atoms with Gasteiger partial charge in [0.05, 0.1) is 5.02 Å². The first-order valence-corrected chi connectivity index (χ1v) is 8.30. The molecule has 0 aliphatic carbocycles.